The fourth-order valence-corrected chi connectivity index (χ4v) is 5.85. The van der Waals surface area contributed by atoms with Gasteiger partial charge in [0.15, 0.2) is 17.8 Å². The van der Waals surface area contributed by atoms with Gasteiger partial charge in [-0.1, -0.05) is 6.08 Å². The smallest absolute Gasteiger partial charge is 0.253 e. The number of piperidine rings is 1. The quantitative estimate of drug-likeness (QED) is 0.379. The molecule has 4 heterocycles. The molecule has 0 aromatic heterocycles. The van der Waals surface area contributed by atoms with E-state index in [0.29, 0.717) is 36.5 Å². The lowest BCUT2D eigenvalue weighted by Gasteiger charge is -2.48. The van der Waals surface area contributed by atoms with Crippen LogP contribution in [0.5, 0.6) is 11.5 Å². The second-order valence-corrected chi connectivity index (χ2v) is 9.74. The summed E-state index contributed by atoms with van der Waals surface area (Å²) in [6.45, 7) is 3.92. The minimum atomic E-state index is -1.58. The fraction of sp³-hybridized carbons (Fsp3) is 0.577. The van der Waals surface area contributed by atoms with Crippen LogP contribution in [0.1, 0.15) is 23.6 Å². The van der Waals surface area contributed by atoms with Gasteiger partial charge in [-0.3, -0.25) is 4.79 Å². The maximum atomic E-state index is 13.5. The number of fused-ring (bicyclic) bond motifs is 4. The summed E-state index contributed by atoms with van der Waals surface area (Å²) < 4.78 is 28.2. The largest absolute Gasteiger partial charge is 0.493 e. The van der Waals surface area contributed by atoms with E-state index in [4.69, 9.17) is 23.7 Å². The molecule has 4 aliphatic heterocycles. The van der Waals surface area contributed by atoms with Crippen molar-refractivity contribution >= 4 is 5.91 Å². The van der Waals surface area contributed by atoms with Crippen molar-refractivity contribution in [3.05, 3.63) is 47.7 Å². The van der Waals surface area contributed by atoms with Crippen molar-refractivity contribution in [2.75, 3.05) is 27.4 Å². The van der Waals surface area contributed by atoms with Gasteiger partial charge in [-0.15, -0.1) is 6.58 Å². The third-order valence-electron chi connectivity index (χ3n) is 7.88. The molecule has 2 saturated heterocycles. The zero-order valence-corrected chi connectivity index (χ0v) is 20.7. The molecule has 11 nitrogen and oxygen atoms in total. The monoisotopic (exact) mass is 519 g/mol. The van der Waals surface area contributed by atoms with Gasteiger partial charge in [0.25, 0.3) is 5.91 Å². The minimum Gasteiger partial charge on any atom is -0.493 e. The first-order chi connectivity index (χ1) is 17.8. The number of rotatable bonds is 6. The number of methoxy groups -OCH3 is 2. The van der Waals surface area contributed by atoms with Crippen LogP contribution in [0.25, 0.3) is 0 Å². The maximum absolute atomic E-state index is 13.5. The van der Waals surface area contributed by atoms with E-state index in [1.807, 2.05) is 17.0 Å². The Morgan fingerprint density at radius 1 is 1.11 bits per heavy atom. The van der Waals surface area contributed by atoms with E-state index in [9.17, 15) is 25.2 Å². The van der Waals surface area contributed by atoms with Crippen LogP contribution in [0.4, 0.5) is 0 Å². The zero-order chi connectivity index (χ0) is 26.4. The Bertz CT molecular complexity index is 1070. The summed E-state index contributed by atoms with van der Waals surface area (Å²) in [6, 6.07) is 3.69. The summed E-state index contributed by atoms with van der Waals surface area (Å²) >= 11 is 0. The van der Waals surface area contributed by atoms with E-state index < -0.39 is 49.5 Å². The summed E-state index contributed by atoms with van der Waals surface area (Å²) in [5.41, 5.74) is 2.60. The molecule has 0 aliphatic carbocycles. The molecule has 5 rings (SSSR count). The Labute approximate surface area is 214 Å². The second-order valence-electron chi connectivity index (χ2n) is 9.74. The van der Waals surface area contributed by atoms with Crippen LogP contribution < -0.4 is 9.47 Å². The van der Waals surface area contributed by atoms with Crippen molar-refractivity contribution in [1.29, 1.82) is 0 Å². The lowest BCUT2D eigenvalue weighted by molar-refractivity contribution is -0.339. The van der Waals surface area contributed by atoms with Crippen molar-refractivity contribution < 1.29 is 48.9 Å². The molecular formula is C26H33NO10. The molecule has 1 aromatic rings. The predicted octanol–water partition coefficient (Wildman–Crippen LogP) is 0.00840. The molecule has 9 atom stereocenters. The number of amides is 1. The molecule has 4 N–H and O–H groups in total. The Hall–Kier alpha value is -2.67. The van der Waals surface area contributed by atoms with Crippen LogP contribution in [-0.4, -0.2) is 95.6 Å². The number of hydrogen-bond acceptors (Lipinski definition) is 10. The molecule has 37 heavy (non-hydrogen) atoms. The topological polar surface area (TPSA) is 147 Å². The Morgan fingerprint density at radius 3 is 2.51 bits per heavy atom. The third-order valence-corrected chi connectivity index (χ3v) is 7.88. The first-order valence-corrected chi connectivity index (χ1v) is 12.3. The van der Waals surface area contributed by atoms with Crippen LogP contribution in [0, 0.1) is 11.8 Å². The highest BCUT2D eigenvalue weighted by Gasteiger charge is 2.50. The highest BCUT2D eigenvalue weighted by molar-refractivity contribution is 5.95. The van der Waals surface area contributed by atoms with Gasteiger partial charge in [0, 0.05) is 18.4 Å². The first kappa shape index (κ1) is 26.0. The number of carbonyl (C=O) groups is 1. The average Bonchev–Trinajstić information content (AvgIpc) is 2.92. The van der Waals surface area contributed by atoms with Crippen molar-refractivity contribution in [2.24, 2.45) is 11.8 Å². The van der Waals surface area contributed by atoms with E-state index in [2.05, 4.69) is 6.58 Å². The Morgan fingerprint density at radius 2 is 1.84 bits per heavy atom. The lowest BCUT2D eigenvalue weighted by atomic mass is 9.73. The molecule has 1 amide bonds. The normalized spacial score (nSPS) is 36.9. The summed E-state index contributed by atoms with van der Waals surface area (Å²) in [5, 5.41) is 40.1. The molecule has 0 radical (unpaired) electrons. The maximum Gasteiger partial charge on any atom is 0.253 e. The molecule has 0 spiro atoms. The predicted molar refractivity (Wildman–Crippen MR) is 127 cm³/mol. The molecule has 0 bridgehead atoms. The van der Waals surface area contributed by atoms with Crippen LogP contribution in [-0.2, 0) is 25.4 Å². The molecule has 1 aromatic carbocycles. The van der Waals surface area contributed by atoms with Crippen LogP contribution in [0.2, 0.25) is 0 Å². The molecule has 2 fully saturated rings. The van der Waals surface area contributed by atoms with E-state index in [1.54, 1.807) is 20.3 Å². The number of aliphatic hydroxyl groups is 4. The first-order valence-electron chi connectivity index (χ1n) is 12.3. The van der Waals surface area contributed by atoms with Crippen LogP contribution >= 0.6 is 0 Å². The van der Waals surface area contributed by atoms with Gasteiger partial charge in [0.05, 0.1) is 38.7 Å². The number of ether oxygens (including phenoxy) is 5. The van der Waals surface area contributed by atoms with Gasteiger partial charge in [0.2, 0.25) is 6.29 Å². The number of hydrogen-bond donors (Lipinski definition) is 4. The van der Waals surface area contributed by atoms with Crippen LogP contribution in [0.3, 0.4) is 0 Å². The van der Waals surface area contributed by atoms with Crippen molar-refractivity contribution in [1.82, 2.24) is 4.90 Å². The summed E-state index contributed by atoms with van der Waals surface area (Å²) in [5.74, 6) is 0.325. The van der Waals surface area contributed by atoms with Gasteiger partial charge in [-0.2, -0.15) is 0 Å². The number of aliphatic hydroxyl groups excluding tert-OH is 4. The van der Waals surface area contributed by atoms with Gasteiger partial charge in [-0.25, -0.2) is 0 Å². The Balaban J connectivity index is 1.42. The lowest BCUT2D eigenvalue weighted by Crippen LogP contribution is -2.60. The summed E-state index contributed by atoms with van der Waals surface area (Å²) in [4.78, 5) is 15.4. The molecule has 11 heteroatoms. The van der Waals surface area contributed by atoms with Gasteiger partial charge >= 0.3 is 0 Å². The summed E-state index contributed by atoms with van der Waals surface area (Å²) in [6.07, 6.45) is -3.83. The van der Waals surface area contributed by atoms with E-state index in [1.165, 1.54) is 6.26 Å². The van der Waals surface area contributed by atoms with Crippen molar-refractivity contribution in [2.45, 2.75) is 55.9 Å². The second kappa shape index (κ2) is 10.2. The van der Waals surface area contributed by atoms with Gasteiger partial charge < -0.3 is 49.0 Å². The van der Waals surface area contributed by atoms with E-state index in [-0.39, 0.29) is 17.9 Å². The van der Waals surface area contributed by atoms with Crippen molar-refractivity contribution in [3.8, 4) is 11.5 Å². The van der Waals surface area contributed by atoms with E-state index in [0.717, 1.165) is 11.1 Å². The number of benzene rings is 1. The van der Waals surface area contributed by atoms with Gasteiger partial charge in [-0.05, 0) is 36.1 Å². The minimum absolute atomic E-state index is 0.125. The Kier molecular flexibility index (Phi) is 7.18. The third kappa shape index (κ3) is 4.29. The molecular weight excluding hydrogens is 486 g/mol. The van der Waals surface area contributed by atoms with Gasteiger partial charge in [0.1, 0.15) is 24.4 Å². The highest BCUT2D eigenvalue weighted by atomic mass is 16.8. The molecule has 0 unspecified atom stereocenters. The molecule has 0 saturated carbocycles. The molecule has 202 valence electrons. The standard InChI is InChI=1S/C26H33NO10/c1-4-13-15-8-17-14-9-19(34-3)18(33-2)7-12(14)5-6-27(17)24(32)16(15)11-35-25(13)37-26-23(31)22(30)21(29)20(10-28)36-26/h4,7,9,11,13,15,17,20-23,25-26,28-31H,1,5-6,8,10H2,2-3H3/t13-,15+,17+,20-,21-,22+,23-,25+,26-/m1/s1. The van der Waals surface area contributed by atoms with Crippen LogP contribution in [0.15, 0.2) is 36.6 Å². The van der Waals surface area contributed by atoms with E-state index >= 15 is 0 Å². The zero-order valence-electron chi connectivity index (χ0n) is 20.7. The summed E-state index contributed by atoms with van der Waals surface area (Å²) in [7, 11) is 3.16. The fourth-order valence-electron chi connectivity index (χ4n) is 5.85. The average molecular weight is 520 g/mol. The SMILES string of the molecule is C=C[C@H]1[C@H](O[C@H]2O[C@H](CO)[C@@H](O)[C@H](O)[C@H]2O)OC=C2C(=O)N3CCc4cc(OC)c(OC)cc4[C@@H]3C[C@H]21. The number of nitrogens with zero attached hydrogens (tertiary/aromatic N) is 1. The molecule has 4 aliphatic rings. The highest BCUT2D eigenvalue weighted by Crippen LogP contribution is 2.49. The van der Waals surface area contributed by atoms with Crippen molar-refractivity contribution in [3.63, 3.8) is 0 Å². The number of carbonyl (C=O) groups excluding carboxylic acids is 1.